The molecule has 0 radical (unpaired) electrons. The Morgan fingerprint density at radius 1 is 1.25 bits per heavy atom. The van der Waals surface area contributed by atoms with Crippen LogP contribution in [0.3, 0.4) is 0 Å². The summed E-state index contributed by atoms with van der Waals surface area (Å²) in [5.74, 6) is -2.42. The van der Waals surface area contributed by atoms with Crippen molar-refractivity contribution in [3.05, 3.63) is 22.8 Å². The molecule has 0 aliphatic heterocycles. The molecular formula is C7H7ClO4. The summed E-state index contributed by atoms with van der Waals surface area (Å²) in [6, 6.07) is 0. The van der Waals surface area contributed by atoms with Crippen molar-refractivity contribution < 1.29 is 19.8 Å². The van der Waals surface area contributed by atoms with Gasteiger partial charge in [0.25, 0.3) is 0 Å². The Hall–Kier alpha value is -1.29. The molecule has 0 aliphatic rings. The van der Waals surface area contributed by atoms with E-state index in [1.165, 1.54) is 6.92 Å². The van der Waals surface area contributed by atoms with Gasteiger partial charge < -0.3 is 10.2 Å². The van der Waals surface area contributed by atoms with Gasteiger partial charge in [0.2, 0.25) is 0 Å². The Morgan fingerprint density at radius 3 is 2.08 bits per heavy atom. The number of carboxylic acid groups (broad SMARTS) is 2. The molecule has 0 aromatic rings. The van der Waals surface area contributed by atoms with Gasteiger partial charge in [-0.25, -0.2) is 9.59 Å². The van der Waals surface area contributed by atoms with Gasteiger partial charge >= 0.3 is 11.9 Å². The lowest BCUT2D eigenvalue weighted by Crippen LogP contribution is -1.96. The molecular weight excluding hydrogens is 184 g/mol. The highest BCUT2D eigenvalue weighted by atomic mass is 35.5. The average Bonchev–Trinajstić information content (AvgIpc) is 1.98. The molecule has 5 heteroatoms. The van der Waals surface area contributed by atoms with Crippen molar-refractivity contribution in [1.82, 2.24) is 0 Å². The van der Waals surface area contributed by atoms with E-state index in [4.69, 9.17) is 21.8 Å². The first-order valence-electron chi connectivity index (χ1n) is 2.96. The first kappa shape index (κ1) is 10.7. The van der Waals surface area contributed by atoms with Crippen LogP contribution in [-0.2, 0) is 9.59 Å². The van der Waals surface area contributed by atoms with E-state index in [1.807, 2.05) is 0 Å². The lowest BCUT2D eigenvalue weighted by Gasteiger charge is -1.92. The van der Waals surface area contributed by atoms with Crippen LogP contribution in [0.5, 0.6) is 0 Å². The second kappa shape index (κ2) is 4.56. The molecule has 0 saturated heterocycles. The first-order chi connectivity index (χ1) is 5.45. The molecule has 0 atom stereocenters. The Kier molecular flexibility index (Phi) is 4.07. The van der Waals surface area contributed by atoms with Crippen molar-refractivity contribution >= 4 is 23.5 Å². The second-order valence-corrected chi connectivity index (χ2v) is 2.35. The fraction of sp³-hybridized carbons (Fsp3) is 0.143. The van der Waals surface area contributed by atoms with E-state index in [2.05, 4.69) is 0 Å². The molecule has 0 aliphatic carbocycles. The average molecular weight is 191 g/mol. The van der Waals surface area contributed by atoms with Crippen molar-refractivity contribution in [3.8, 4) is 0 Å². The lowest BCUT2D eigenvalue weighted by atomic mass is 10.2. The number of carbonyl (C=O) groups is 2. The molecule has 0 aromatic carbocycles. The molecule has 4 nitrogen and oxygen atoms in total. The van der Waals surface area contributed by atoms with Crippen molar-refractivity contribution in [1.29, 1.82) is 0 Å². The topological polar surface area (TPSA) is 74.6 Å². The van der Waals surface area contributed by atoms with Crippen LogP contribution in [0.25, 0.3) is 0 Å². The Balaban J connectivity index is 4.58. The minimum Gasteiger partial charge on any atom is -0.478 e. The summed E-state index contributed by atoms with van der Waals surface area (Å²) in [4.78, 5) is 20.2. The third-order valence-electron chi connectivity index (χ3n) is 1.01. The molecule has 0 heterocycles. The predicted octanol–water partition coefficient (Wildman–Crippen LogP) is 1.22. The van der Waals surface area contributed by atoms with Gasteiger partial charge in [0.1, 0.15) is 5.03 Å². The quantitative estimate of drug-likeness (QED) is 0.519. The van der Waals surface area contributed by atoms with Crippen LogP contribution in [0.15, 0.2) is 22.8 Å². The minimum absolute atomic E-state index is 0.201. The summed E-state index contributed by atoms with van der Waals surface area (Å²) in [7, 11) is 0. The number of hydrogen-bond acceptors (Lipinski definition) is 2. The molecule has 0 aromatic heterocycles. The molecule has 66 valence electrons. The van der Waals surface area contributed by atoms with E-state index in [0.29, 0.717) is 0 Å². The fourth-order valence-corrected chi connectivity index (χ4v) is 0.501. The summed E-state index contributed by atoms with van der Waals surface area (Å²) < 4.78 is 0. The van der Waals surface area contributed by atoms with Crippen molar-refractivity contribution in [2.24, 2.45) is 0 Å². The maximum atomic E-state index is 10.2. The van der Waals surface area contributed by atoms with Crippen LogP contribution in [-0.4, -0.2) is 22.2 Å². The zero-order chi connectivity index (χ0) is 9.72. The Labute approximate surface area is 73.8 Å². The third-order valence-corrected chi connectivity index (χ3v) is 1.47. The van der Waals surface area contributed by atoms with Gasteiger partial charge in [0, 0.05) is 6.08 Å². The van der Waals surface area contributed by atoms with Gasteiger partial charge in [0.05, 0.1) is 0 Å². The van der Waals surface area contributed by atoms with Crippen LogP contribution in [0, 0.1) is 0 Å². The maximum Gasteiger partial charge on any atom is 0.347 e. The highest BCUT2D eigenvalue weighted by Gasteiger charge is 2.05. The SMILES string of the molecule is CC(/C=C/C(=O)O)=C(/Cl)C(=O)O. The summed E-state index contributed by atoms with van der Waals surface area (Å²) in [6.45, 7) is 1.41. The van der Waals surface area contributed by atoms with Crippen LogP contribution in [0.2, 0.25) is 0 Å². The molecule has 12 heavy (non-hydrogen) atoms. The zero-order valence-electron chi connectivity index (χ0n) is 6.24. The summed E-state index contributed by atoms with van der Waals surface area (Å²) in [5, 5.41) is 16.1. The van der Waals surface area contributed by atoms with Crippen LogP contribution in [0.4, 0.5) is 0 Å². The van der Waals surface area contributed by atoms with Gasteiger partial charge in [-0.15, -0.1) is 0 Å². The Morgan fingerprint density at radius 2 is 1.75 bits per heavy atom. The second-order valence-electron chi connectivity index (χ2n) is 1.97. The van der Waals surface area contributed by atoms with E-state index in [-0.39, 0.29) is 10.6 Å². The molecule has 0 amide bonds. The van der Waals surface area contributed by atoms with Gasteiger partial charge in [-0.1, -0.05) is 17.7 Å². The van der Waals surface area contributed by atoms with Gasteiger partial charge in [-0.3, -0.25) is 0 Å². The number of hydrogen-bond donors (Lipinski definition) is 2. The van der Waals surface area contributed by atoms with Gasteiger partial charge in [-0.05, 0) is 12.5 Å². The third kappa shape index (κ3) is 3.78. The Bertz CT molecular complexity index is 265. The highest BCUT2D eigenvalue weighted by molar-refractivity contribution is 6.41. The normalized spacial score (nSPS) is 12.8. The summed E-state index contributed by atoms with van der Waals surface area (Å²) in [6.07, 6.45) is 1.94. The van der Waals surface area contributed by atoms with E-state index in [1.54, 1.807) is 0 Å². The molecule has 0 fully saturated rings. The van der Waals surface area contributed by atoms with Crippen LogP contribution in [0.1, 0.15) is 6.92 Å². The number of carboxylic acids is 2. The van der Waals surface area contributed by atoms with Crippen molar-refractivity contribution in [2.45, 2.75) is 6.92 Å². The van der Waals surface area contributed by atoms with E-state index in [9.17, 15) is 9.59 Å². The maximum absolute atomic E-state index is 10.2. The summed E-state index contributed by atoms with van der Waals surface area (Å²) in [5.41, 5.74) is 0.201. The first-order valence-corrected chi connectivity index (χ1v) is 3.33. The van der Waals surface area contributed by atoms with Gasteiger partial charge in [0.15, 0.2) is 0 Å². The molecule has 2 N–H and O–H groups in total. The number of aliphatic carboxylic acids is 2. The molecule has 0 bridgehead atoms. The summed E-state index contributed by atoms with van der Waals surface area (Å²) >= 11 is 5.29. The zero-order valence-corrected chi connectivity index (χ0v) is 7.00. The largest absolute Gasteiger partial charge is 0.478 e. The smallest absolute Gasteiger partial charge is 0.347 e. The minimum atomic E-state index is -1.27. The van der Waals surface area contributed by atoms with Crippen molar-refractivity contribution in [3.63, 3.8) is 0 Å². The molecule has 0 unspecified atom stereocenters. The standard InChI is InChI=1S/C7H7ClO4/c1-4(2-3-5(9)10)6(8)7(11)12/h2-3H,1H3,(H,9,10)(H,11,12)/b3-2+,6-4-. The van der Waals surface area contributed by atoms with Crippen LogP contribution < -0.4 is 0 Å². The number of allylic oxidation sites excluding steroid dienone is 2. The lowest BCUT2D eigenvalue weighted by molar-refractivity contribution is -0.132. The predicted molar refractivity (Wildman–Crippen MR) is 43.0 cm³/mol. The number of rotatable bonds is 3. The van der Waals surface area contributed by atoms with E-state index >= 15 is 0 Å². The van der Waals surface area contributed by atoms with E-state index in [0.717, 1.165) is 12.2 Å². The molecule has 0 spiro atoms. The fourth-order valence-electron chi connectivity index (χ4n) is 0.438. The highest BCUT2D eigenvalue weighted by Crippen LogP contribution is 2.09. The van der Waals surface area contributed by atoms with Crippen molar-refractivity contribution in [2.75, 3.05) is 0 Å². The molecule has 0 rings (SSSR count). The monoisotopic (exact) mass is 190 g/mol. The van der Waals surface area contributed by atoms with Crippen LogP contribution >= 0.6 is 11.6 Å². The molecule has 0 saturated carbocycles. The number of halogens is 1. The van der Waals surface area contributed by atoms with E-state index < -0.39 is 11.9 Å². The van der Waals surface area contributed by atoms with Gasteiger partial charge in [-0.2, -0.15) is 0 Å².